The molecule has 0 radical (unpaired) electrons. The number of hydrogen-bond acceptors (Lipinski definition) is 0. The van der Waals surface area contributed by atoms with Crippen molar-refractivity contribution in [3.05, 3.63) is 53.6 Å². The van der Waals surface area contributed by atoms with Gasteiger partial charge in [-0.25, -0.2) is 4.57 Å². The predicted molar refractivity (Wildman–Crippen MR) is 65.8 cm³/mol. The van der Waals surface area contributed by atoms with Crippen LogP contribution in [0.1, 0.15) is 23.1 Å². The lowest BCUT2D eigenvalue weighted by Crippen LogP contribution is -3.00. The van der Waals surface area contributed by atoms with Crippen LogP contribution in [0, 0.1) is 0 Å². The van der Waals surface area contributed by atoms with Gasteiger partial charge in [0.1, 0.15) is 12.4 Å². The average molecular weight is 403 g/mol. The lowest BCUT2D eigenvalue weighted by atomic mass is 10.0. The van der Waals surface area contributed by atoms with Crippen LogP contribution in [0.2, 0.25) is 0 Å². The molecule has 0 aliphatic carbocycles. The summed E-state index contributed by atoms with van der Waals surface area (Å²) < 4.78 is 78.0. The number of hydrogen-bond donors (Lipinski definition) is 1. The Labute approximate surface area is 138 Å². The third-order valence-electron chi connectivity index (χ3n) is 3.13. The van der Waals surface area contributed by atoms with Gasteiger partial charge in [0.05, 0.1) is 17.7 Å². The molecule has 0 aliphatic heterocycles. The Kier molecular flexibility index (Phi) is 6.26. The van der Waals surface area contributed by atoms with Crippen LogP contribution >= 0.6 is 0 Å². The minimum absolute atomic E-state index is 0. The summed E-state index contributed by atoms with van der Waals surface area (Å²) in [7, 11) is 0. The largest absolute Gasteiger partial charge is 1.00 e. The van der Waals surface area contributed by atoms with Gasteiger partial charge in [-0.15, -0.1) is 0 Å². The number of aryl methyl sites for hydroxylation is 2. The van der Waals surface area contributed by atoms with Gasteiger partial charge in [-0.3, -0.25) is 4.98 Å². The molecule has 1 aromatic carbocycles. The van der Waals surface area contributed by atoms with Gasteiger partial charge in [0.15, 0.2) is 0 Å². The maximum atomic E-state index is 12.7. The van der Waals surface area contributed by atoms with E-state index in [1.54, 1.807) is 23.3 Å². The van der Waals surface area contributed by atoms with E-state index < -0.39 is 23.5 Å². The molecule has 1 aromatic heterocycles. The van der Waals surface area contributed by atoms with Crippen LogP contribution in [0.4, 0.5) is 26.3 Å². The summed E-state index contributed by atoms with van der Waals surface area (Å²) in [5.74, 6) is 0. The maximum Gasteiger partial charge on any atom is 0.416 e. The van der Waals surface area contributed by atoms with Crippen molar-refractivity contribution in [1.82, 2.24) is 4.98 Å². The quantitative estimate of drug-likeness (QED) is 0.581. The Bertz CT molecular complexity index is 587. The van der Waals surface area contributed by atoms with Gasteiger partial charge in [0, 0.05) is 0 Å². The number of H-pyrrole nitrogens is 1. The summed E-state index contributed by atoms with van der Waals surface area (Å²) in [5.41, 5.74) is -2.52. The Morgan fingerprint density at radius 3 is 1.91 bits per heavy atom. The Morgan fingerprint density at radius 1 is 0.913 bits per heavy atom. The molecule has 0 unspecified atom stereocenters. The van der Waals surface area contributed by atoms with Crippen molar-refractivity contribution in [1.29, 1.82) is 0 Å². The van der Waals surface area contributed by atoms with E-state index >= 15 is 0 Å². The van der Waals surface area contributed by atoms with E-state index in [9.17, 15) is 26.3 Å². The topological polar surface area (TPSA) is 19.7 Å². The van der Waals surface area contributed by atoms with Crippen LogP contribution in [0.25, 0.3) is 0 Å². The molecule has 1 heterocycles. The highest BCUT2D eigenvalue weighted by Gasteiger charge is 2.36. The average Bonchev–Trinajstić information content (AvgIpc) is 2.89. The smallest absolute Gasteiger partial charge is 0.416 e. The molecule has 0 fully saturated rings. The Hall–Kier alpha value is -1.51. The molecule has 0 amide bonds. The molecule has 23 heavy (non-hydrogen) atoms. The number of benzene rings is 1. The number of nitrogens with one attached hydrogen (secondary N) is 1. The molecule has 2 aromatic rings. The lowest BCUT2D eigenvalue weighted by molar-refractivity contribution is -0.696. The molecule has 9 heteroatoms. The van der Waals surface area contributed by atoms with Gasteiger partial charge in [-0.05, 0) is 36.6 Å². The molecular weight excluding hydrogens is 390 g/mol. The zero-order valence-electron chi connectivity index (χ0n) is 11.7. The SMILES string of the molecule is FC(F)(F)c1cc(CCC[n+]2cc[nH]c2)cc(C(F)(F)F)c1.[Br-]. The van der Waals surface area contributed by atoms with Crippen LogP contribution in [-0.2, 0) is 25.3 Å². The first kappa shape index (κ1) is 19.5. The molecule has 0 aliphatic rings. The molecule has 0 saturated carbocycles. The second-order valence-corrected chi connectivity index (χ2v) is 4.87. The first-order valence-corrected chi connectivity index (χ1v) is 6.46. The highest BCUT2D eigenvalue weighted by Crippen LogP contribution is 2.36. The molecule has 0 bridgehead atoms. The molecule has 2 rings (SSSR count). The minimum Gasteiger partial charge on any atom is -1.00 e. The van der Waals surface area contributed by atoms with Gasteiger partial charge in [-0.2, -0.15) is 26.3 Å². The molecule has 0 saturated heterocycles. The molecule has 2 nitrogen and oxygen atoms in total. The zero-order chi connectivity index (χ0) is 16.4. The van der Waals surface area contributed by atoms with Crippen molar-refractivity contribution in [2.45, 2.75) is 31.7 Å². The van der Waals surface area contributed by atoms with Gasteiger partial charge in [0.25, 0.3) is 0 Å². The Balaban J connectivity index is 0.00000264. The molecular formula is C14H13BrF6N2. The van der Waals surface area contributed by atoms with Crippen molar-refractivity contribution < 1.29 is 47.9 Å². The standard InChI is InChI=1S/C14H12F6N2.BrH/c15-13(16,17)11-6-10(7-12(8-11)14(18,19)20)2-1-4-22-5-3-21-9-22;/h3,5-9H,1-2,4H2;1H. The van der Waals surface area contributed by atoms with Gasteiger partial charge in [0.2, 0.25) is 6.33 Å². The summed E-state index contributed by atoms with van der Waals surface area (Å²) in [6, 6.07) is 1.69. The van der Waals surface area contributed by atoms with Gasteiger partial charge < -0.3 is 17.0 Å². The van der Waals surface area contributed by atoms with Crippen molar-refractivity contribution in [3.63, 3.8) is 0 Å². The highest BCUT2D eigenvalue weighted by molar-refractivity contribution is 5.33. The van der Waals surface area contributed by atoms with Gasteiger partial charge in [-0.1, -0.05) is 0 Å². The number of imidazole rings is 1. The second-order valence-electron chi connectivity index (χ2n) is 4.87. The zero-order valence-corrected chi connectivity index (χ0v) is 13.3. The number of halogens is 7. The van der Waals surface area contributed by atoms with E-state index in [-0.39, 0.29) is 35.0 Å². The minimum atomic E-state index is -4.80. The van der Waals surface area contributed by atoms with Crippen molar-refractivity contribution in [2.75, 3.05) is 0 Å². The second kappa shape index (κ2) is 7.37. The normalized spacial score (nSPS) is 12.1. The van der Waals surface area contributed by atoms with Crippen LogP contribution in [0.15, 0.2) is 36.9 Å². The van der Waals surface area contributed by atoms with Gasteiger partial charge >= 0.3 is 12.4 Å². The number of rotatable bonds is 4. The third-order valence-corrected chi connectivity index (χ3v) is 3.13. The van der Waals surface area contributed by atoms with Crippen molar-refractivity contribution in [2.24, 2.45) is 0 Å². The maximum absolute atomic E-state index is 12.7. The van der Waals surface area contributed by atoms with E-state index in [1.807, 2.05) is 0 Å². The van der Waals surface area contributed by atoms with E-state index in [0.717, 1.165) is 12.1 Å². The number of nitrogens with zero attached hydrogens (tertiary/aromatic N) is 1. The summed E-state index contributed by atoms with van der Waals surface area (Å²) in [5, 5.41) is 0. The van der Waals surface area contributed by atoms with E-state index in [4.69, 9.17) is 0 Å². The van der Waals surface area contributed by atoms with E-state index in [1.165, 1.54) is 0 Å². The fourth-order valence-corrected chi connectivity index (χ4v) is 2.09. The van der Waals surface area contributed by atoms with Crippen LogP contribution in [0.3, 0.4) is 0 Å². The summed E-state index contributed by atoms with van der Waals surface area (Å²) in [4.78, 5) is 2.80. The van der Waals surface area contributed by atoms with Crippen LogP contribution in [-0.4, -0.2) is 4.98 Å². The first-order valence-electron chi connectivity index (χ1n) is 6.46. The lowest BCUT2D eigenvalue weighted by Gasteiger charge is -2.14. The number of aromatic amines is 1. The first-order chi connectivity index (χ1) is 10.2. The van der Waals surface area contributed by atoms with E-state index in [0.29, 0.717) is 13.0 Å². The summed E-state index contributed by atoms with van der Waals surface area (Å²) in [6.07, 6.45) is -3.98. The van der Waals surface area contributed by atoms with Crippen molar-refractivity contribution in [3.8, 4) is 0 Å². The fourth-order valence-electron chi connectivity index (χ4n) is 2.09. The van der Waals surface area contributed by atoms with E-state index in [2.05, 4.69) is 4.98 Å². The highest BCUT2D eigenvalue weighted by atomic mass is 79.9. The summed E-state index contributed by atoms with van der Waals surface area (Å²) >= 11 is 0. The van der Waals surface area contributed by atoms with Crippen molar-refractivity contribution >= 4 is 0 Å². The number of aromatic nitrogens is 2. The monoisotopic (exact) mass is 402 g/mol. The molecule has 128 valence electrons. The number of alkyl halides is 6. The van der Waals surface area contributed by atoms with Crippen LogP contribution in [0.5, 0.6) is 0 Å². The summed E-state index contributed by atoms with van der Waals surface area (Å²) in [6.45, 7) is 0.501. The molecule has 0 spiro atoms. The molecule has 1 N–H and O–H groups in total. The Morgan fingerprint density at radius 2 is 1.48 bits per heavy atom. The van der Waals surface area contributed by atoms with Crippen LogP contribution < -0.4 is 21.5 Å². The fraction of sp³-hybridized carbons (Fsp3) is 0.357. The third kappa shape index (κ3) is 5.56. The predicted octanol–water partition coefficient (Wildman–Crippen LogP) is 0.977. The molecule has 0 atom stereocenters.